The van der Waals surface area contributed by atoms with Gasteiger partial charge < -0.3 is 14.8 Å². The van der Waals surface area contributed by atoms with Crippen LogP contribution < -0.4 is 14.8 Å². The molecule has 3 aromatic heterocycles. The molecule has 0 aliphatic heterocycles. The lowest BCUT2D eigenvalue weighted by Crippen LogP contribution is -2.07. The minimum atomic E-state index is -0.296. The second kappa shape index (κ2) is 9.09. The van der Waals surface area contributed by atoms with Crippen LogP contribution in [0.1, 0.15) is 16.1 Å². The van der Waals surface area contributed by atoms with E-state index in [0.717, 1.165) is 18.7 Å². The number of aryl methyl sites for hydroxylation is 3. The second-order valence-electron chi connectivity index (χ2n) is 5.75. The van der Waals surface area contributed by atoms with Gasteiger partial charge in [0.15, 0.2) is 0 Å². The van der Waals surface area contributed by atoms with E-state index in [1.165, 1.54) is 31.4 Å². The van der Waals surface area contributed by atoms with Crippen LogP contribution in [0.4, 0.5) is 5.69 Å². The zero-order chi connectivity index (χ0) is 19.9. The molecule has 0 unspecified atom stereocenters. The summed E-state index contributed by atoms with van der Waals surface area (Å²) in [5.74, 6) is 0.0257. The molecule has 3 rings (SSSR count). The molecule has 0 aliphatic carbocycles. The molecule has 1 N–H and O–H groups in total. The molecule has 0 aromatic carbocycles. The second-order valence-corrected chi connectivity index (χ2v) is 6.69. The van der Waals surface area contributed by atoms with Crippen molar-refractivity contribution in [2.45, 2.75) is 19.9 Å². The van der Waals surface area contributed by atoms with E-state index in [1.54, 1.807) is 34.5 Å². The summed E-state index contributed by atoms with van der Waals surface area (Å²) in [6.45, 7) is 2.71. The summed E-state index contributed by atoms with van der Waals surface area (Å²) in [6, 6.07) is 0.194. The fourth-order valence-electron chi connectivity index (χ4n) is 2.42. The fourth-order valence-corrected chi connectivity index (χ4v) is 3.19. The fraction of sp³-hybridized carbons (Fsp3) is 0.278. The molecule has 0 fully saturated rings. The molecule has 0 atom stereocenters. The maximum absolute atomic E-state index is 12.2. The van der Waals surface area contributed by atoms with Crippen molar-refractivity contribution in [1.29, 1.82) is 0 Å². The number of anilines is 1. The average molecular weight is 400 g/mol. The molecule has 0 saturated heterocycles. The molecule has 0 spiro atoms. The van der Waals surface area contributed by atoms with Gasteiger partial charge in [0.25, 0.3) is 0 Å². The van der Waals surface area contributed by atoms with Crippen LogP contribution in [-0.2, 0) is 17.8 Å². The van der Waals surface area contributed by atoms with Crippen LogP contribution in [0.5, 0.6) is 11.9 Å². The Morgan fingerprint density at radius 3 is 2.86 bits per heavy atom. The number of hydrogen-bond acceptors (Lipinski definition) is 8. The number of hydrogen-bond donors (Lipinski definition) is 1. The van der Waals surface area contributed by atoms with Gasteiger partial charge in [0.1, 0.15) is 0 Å². The molecule has 1 amide bonds. The van der Waals surface area contributed by atoms with Crippen LogP contribution in [0, 0.1) is 6.92 Å². The van der Waals surface area contributed by atoms with Gasteiger partial charge in [0.2, 0.25) is 11.8 Å². The van der Waals surface area contributed by atoms with Gasteiger partial charge in [-0.1, -0.05) is 0 Å². The largest absolute Gasteiger partial charge is 0.480 e. The van der Waals surface area contributed by atoms with Crippen LogP contribution in [-0.4, -0.2) is 44.9 Å². The van der Waals surface area contributed by atoms with Crippen LogP contribution in [0.15, 0.2) is 30.2 Å². The van der Waals surface area contributed by atoms with E-state index >= 15 is 0 Å². The predicted octanol–water partition coefficient (Wildman–Crippen LogP) is 2.35. The molecule has 0 aliphatic rings. The summed E-state index contributed by atoms with van der Waals surface area (Å²) in [5.41, 5.74) is 4.07. The van der Waals surface area contributed by atoms with Gasteiger partial charge in [-0.3, -0.25) is 9.48 Å². The average Bonchev–Trinajstić information content (AvgIpc) is 3.33. The van der Waals surface area contributed by atoms with Crippen molar-refractivity contribution >= 4 is 29.0 Å². The highest BCUT2D eigenvalue weighted by Gasteiger charge is 2.07. The van der Waals surface area contributed by atoms with Gasteiger partial charge in [0, 0.05) is 36.3 Å². The number of thiazole rings is 1. The number of carbonyl (C=O) groups is 1. The third-order valence-corrected chi connectivity index (χ3v) is 4.86. The lowest BCUT2D eigenvalue weighted by atomic mass is 10.3. The molecule has 3 heterocycles. The first-order valence-electron chi connectivity index (χ1n) is 8.44. The topological polar surface area (TPSA) is 104 Å². The first-order chi connectivity index (χ1) is 13.6. The Labute approximate surface area is 166 Å². The zero-order valence-electron chi connectivity index (χ0n) is 15.7. The van der Waals surface area contributed by atoms with Gasteiger partial charge in [-0.25, -0.2) is 9.97 Å². The van der Waals surface area contributed by atoms with E-state index in [4.69, 9.17) is 9.47 Å². The van der Waals surface area contributed by atoms with Gasteiger partial charge in [-0.15, -0.1) is 11.3 Å². The highest BCUT2D eigenvalue weighted by atomic mass is 32.1. The van der Waals surface area contributed by atoms with E-state index < -0.39 is 0 Å². The lowest BCUT2D eigenvalue weighted by Gasteiger charge is -2.04. The van der Waals surface area contributed by atoms with Gasteiger partial charge in [-0.05, 0) is 13.0 Å². The maximum atomic E-state index is 12.2. The summed E-state index contributed by atoms with van der Waals surface area (Å²) in [5, 5.41) is 7.04. The van der Waals surface area contributed by atoms with E-state index in [0.29, 0.717) is 17.1 Å². The van der Waals surface area contributed by atoms with Crippen molar-refractivity contribution in [3.05, 3.63) is 46.3 Å². The number of nitrogens with one attached hydrogen (secondary N) is 1. The quantitative estimate of drug-likeness (QED) is 0.579. The Morgan fingerprint density at radius 1 is 1.29 bits per heavy atom. The molecule has 28 heavy (non-hydrogen) atoms. The minimum absolute atomic E-state index is 0.194. The summed E-state index contributed by atoms with van der Waals surface area (Å²) in [7, 11) is 2.96. The van der Waals surface area contributed by atoms with Crippen LogP contribution in [0.2, 0.25) is 0 Å². The van der Waals surface area contributed by atoms with Gasteiger partial charge in [0.05, 0.1) is 42.9 Å². The summed E-state index contributed by atoms with van der Waals surface area (Å²) in [6.07, 6.45) is 8.73. The van der Waals surface area contributed by atoms with Crippen molar-refractivity contribution in [3.8, 4) is 11.9 Å². The van der Waals surface area contributed by atoms with Crippen molar-refractivity contribution in [2.24, 2.45) is 0 Å². The standard InChI is InChI=1S/C18H20N6O3S/c1-12-15(28-11-20-12)6-7-24-10-14(9-21-24)22-16(25)5-4-13-8-19-18(27-3)23-17(13)26-2/h4-5,8-11H,6-7H2,1-3H3,(H,22,25)/b5-4+. The molecule has 9 nitrogen and oxygen atoms in total. The zero-order valence-corrected chi connectivity index (χ0v) is 16.6. The number of aromatic nitrogens is 5. The third kappa shape index (κ3) is 4.92. The third-order valence-electron chi connectivity index (χ3n) is 3.86. The molecule has 10 heteroatoms. The number of carbonyl (C=O) groups excluding carboxylic acids is 1. The molecular weight excluding hydrogens is 380 g/mol. The number of nitrogens with zero attached hydrogens (tertiary/aromatic N) is 5. The number of ether oxygens (including phenoxy) is 2. The summed E-state index contributed by atoms with van der Waals surface area (Å²) >= 11 is 1.64. The molecule has 0 radical (unpaired) electrons. The van der Waals surface area contributed by atoms with E-state index in [1.807, 2.05) is 12.4 Å². The number of methoxy groups -OCH3 is 2. The molecular formula is C18H20N6O3S. The maximum Gasteiger partial charge on any atom is 0.319 e. The molecule has 0 saturated carbocycles. The van der Waals surface area contributed by atoms with Crippen LogP contribution in [0.3, 0.4) is 0 Å². The minimum Gasteiger partial charge on any atom is -0.480 e. The first-order valence-corrected chi connectivity index (χ1v) is 9.32. The molecule has 3 aromatic rings. The van der Waals surface area contributed by atoms with Crippen molar-refractivity contribution in [2.75, 3.05) is 19.5 Å². The van der Waals surface area contributed by atoms with E-state index in [-0.39, 0.29) is 11.9 Å². The predicted molar refractivity (Wildman–Crippen MR) is 106 cm³/mol. The summed E-state index contributed by atoms with van der Waals surface area (Å²) < 4.78 is 11.9. The lowest BCUT2D eigenvalue weighted by molar-refractivity contribution is -0.111. The van der Waals surface area contributed by atoms with Crippen molar-refractivity contribution in [3.63, 3.8) is 0 Å². The van der Waals surface area contributed by atoms with E-state index in [2.05, 4.69) is 25.4 Å². The number of amides is 1. The molecule has 0 bridgehead atoms. The highest BCUT2D eigenvalue weighted by Crippen LogP contribution is 2.18. The van der Waals surface area contributed by atoms with Crippen LogP contribution in [0.25, 0.3) is 6.08 Å². The van der Waals surface area contributed by atoms with Crippen molar-refractivity contribution in [1.82, 2.24) is 24.7 Å². The summed E-state index contributed by atoms with van der Waals surface area (Å²) in [4.78, 5) is 25.7. The smallest absolute Gasteiger partial charge is 0.319 e. The normalized spacial score (nSPS) is 11.0. The molecule has 146 valence electrons. The van der Waals surface area contributed by atoms with Gasteiger partial charge in [-0.2, -0.15) is 10.1 Å². The van der Waals surface area contributed by atoms with E-state index in [9.17, 15) is 4.79 Å². The Kier molecular flexibility index (Phi) is 6.33. The van der Waals surface area contributed by atoms with Gasteiger partial charge >= 0.3 is 6.01 Å². The Bertz CT molecular complexity index is 981. The SMILES string of the molecule is COc1ncc(/C=C/C(=O)Nc2cnn(CCc3scnc3C)c2)c(OC)n1. The Hall–Kier alpha value is -3.27. The number of rotatable bonds is 8. The monoisotopic (exact) mass is 400 g/mol. The Morgan fingerprint density at radius 2 is 2.14 bits per heavy atom. The highest BCUT2D eigenvalue weighted by molar-refractivity contribution is 7.09. The Balaban J connectivity index is 1.57. The van der Waals surface area contributed by atoms with Crippen molar-refractivity contribution < 1.29 is 14.3 Å². The first kappa shape index (κ1) is 19.5. The van der Waals surface area contributed by atoms with Crippen LogP contribution >= 0.6 is 11.3 Å².